The maximum atomic E-state index is 12.2. The molecule has 0 atom stereocenters. The predicted molar refractivity (Wildman–Crippen MR) is 165 cm³/mol. The Morgan fingerprint density at radius 3 is 2.42 bits per heavy atom. The standard InChI is InChI=1S/C33H38N4O2.ClH/c1-2-29(25-12-6-5-7-13-25)33(26-15-17-30-28(22-26)24-35-36-30)27-16-18-31(34-23-27)39-21-11-4-3-8-14-32(38)37-19-9-10-20-37;/h5-7,12-13,15-18,22-24H,2-4,8-11,14,19-21H2,1H3,(H,35,36);1H/b33-29-;. The van der Waals surface area contributed by atoms with E-state index in [-0.39, 0.29) is 12.4 Å². The van der Waals surface area contributed by atoms with Gasteiger partial charge in [-0.3, -0.25) is 9.89 Å². The van der Waals surface area contributed by atoms with Gasteiger partial charge >= 0.3 is 0 Å². The summed E-state index contributed by atoms with van der Waals surface area (Å²) in [5.74, 6) is 0.968. The zero-order valence-corrected chi connectivity index (χ0v) is 24.1. The molecule has 6 nitrogen and oxygen atoms in total. The van der Waals surface area contributed by atoms with Gasteiger partial charge in [-0.15, -0.1) is 12.4 Å². The Kier molecular flexibility index (Phi) is 10.8. The lowest BCUT2D eigenvalue weighted by atomic mass is 9.88. The fourth-order valence-corrected chi connectivity index (χ4v) is 5.42. The molecule has 40 heavy (non-hydrogen) atoms. The smallest absolute Gasteiger partial charge is 0.222 e. The van der Waals surface area contributed by atoms with Crippen LogP contribution < -0.4 is 4.74 Å². The number of carbonyl (C=O) groups excluding carboxylic acids is 1. The molecule has 2 aromatic heterocycles. The summed E-state index contributed by atoms with van der Waals surface area (Å²) in [4.78, 5) is 18.8. The van der Waals surface area contributed by atoms with Crippen molar-refractivity contribution in [1.82, 2.24) is 20.1 Å². The molecule has 0 radical (unpaired) electrons. The molecule has 0 saturated carbocycles. The first kappa shape index (κ1) is 29.3. The van der Waals surface area contributed by atoms with Gasteiger partial charge in [-0.2, -0.15) is 5.10 Å². The number of nitrogens with zero attached hydrogens (tertiary/aromatic N) is 3. The molecule has 7 heteroatoms. The normalized spacial score (nSPS) is 13.7. The Morgan fingerprint density at radius 1 is 0.900 bits per heavy atom. The van der Waals surface area contributed by atoms with Gasteiger partial charge in [0.25, 0.3) is 0 Å². The summed E-state index contributed by atoms with van der Waals surface area (Å²) >= 11 is 0. The second-order valence-electron chi connectivity index (χ2n) is 10.2. The number of unbranched alkanes of at least 4 members (excludes halogenated alkanes) is 3. The summed E-state index contributed by atoms with van der Waals surface area (Å²) in [6.45, 7) is 4.73. The Bertz CT molecular complexity index is 1390. The van der Waals surface area contributed by atoms with Gasteiger partial charge in [0.1, 0.15) is 0 Å². The van der Waals surface area contributed by atoms with Crippen LogP contribution in [0.5, 0.6) is 5.88 Å². The Morgan fingerprint density at radius 2 is 1.68 bits per heavy atom. The summed E-state index contributed by atoms with van der Waals surface area (Å²) in [6.07, 6.45) is 11.7. The van der Waals surface area contributed by atoms with Crippen molar-refractivity contribution in [3.05, 3.63) is 89.7 Å². The number of rotatable bonds is 12. The first-order valence-electron chi connectivity index (χ1n) is 14.3. The van der Waals surface area contributed by atoms with Crippen LogP contribution in [0.25, 0.3) is 22.0 Å². The highest BCUT2D eigenvalue weighted by Crippen LogP contribution is 2.35. The molecule has 4 aromatic rings. The van der Waals surface area contributed by atoms with Crippen LogP contribution in [0.4, 0.5) is 0 Å². The van der Waals surface area contributed by atoms with Crippen molar-refractivity contribution in [3.8, 4) is 5.88 Å². The van der Waals surface area contributed by atoms with Gasteiger partial charge in [-0.25, -0.2) is 4.98 Å². The Hall–Kier alpha value is -3.64. The minimum Gasteiger partial charge on any atom is -0.478 e. The molecule has 1 fully saturated rings. The molecule has 210 valence electrons. The van der Waals surface area contributed by atoms with Crippen LogP contribution in [-0.4, -0.2) is 45.7 Å². The van der Waals surface area contributed by atoms with Crippen LogP contribution in [0.3, 0.4) is 0 Å². The Balaban J connectivity index is 0.00000370. The molecule has 1 aliphatic rings. The molecule has 0 bridgehead atoms. The lowest BCUT2D eigenvalue weighted by molar-refractivity contribution is -0.130. The number of likely N-dealkylation sites (tertiary alicyclic amines) is 1. The highest BCUT2D eigenvalue weighted by Gasteiger charge is 2.17. The molecule has 1 aliphatic heterocycles. The van der Waals surface area contributed by atoms with E-state index >= 15 is 0 Å². The van der Waals surface area contributed by atoms with Crippen molar-refractivity contribution in [3.63, 3.8) is 0 Å². The third-order valence-electron chi connectivity index (χ3n) is 7.53. The Labute approximate surface area is 243 Å². The van der Waals surface area contributed by atoms with Crippen LogP contribution in [0.15, 0.2) is 73.1 Å². The minimum absolute atomic E-state index is 0. The molecule has 1 N–H and O–H groups in total. The largest absolute Gasteiger partial charge is 0.478 e. The minimum atomic E-state index is 0. The van der Waals surface area contributed by atoms with E-state index < -0.39 is 0 Å². The number of pyridine rings is 1. The number of amides is 1. The molecule has 3 heterocycles. The number of aromatic amines is 1. The van der Waals surface area contributed by atoms with Gasteiger partial charge in [0.2, 0.25) is 11.8 Å². The zero-order chi connectivity index (χ0) is 26.9. The molecule has 2 aromatic carbocycles. The molecule has 0 unspecified atom stereocenters. The van der Waals surface area contributed by atoms with E-state index in [1.165, 1.54) is 16.7 Å². The van der Waals surface area contributed by atoms with E-state index in [0.717, 1.165) is 80.1 Å². The first-order chi connectivity index (χ1) is 19.2. The van der Waals surface area contributed by atoms with Crippen LogP contribution in [0.2, 0.25) is 0 Å². The third kappa shape index (κ3) is 7.30. The topological polar surface area (TPSA) is 71.1 Å². The highest BCUT2D eigenvalue weighted by molar-refractivity contribution is 6.00. The molecule has 1 amide bonds. The average molecular weight is 559 g/mol. The van der Waals surface area contributed by atoms with Crippen molar-refractivity contribution < 1.29 is 9.53 Å². The lowest BCUT2D eigenvalue weighted by Crippen LogP contribution is -2.27. The van der Waals surface area contributed by atoms with Crippen LogP contribution in [0.1, 0.15) is 75.0 Å². The summed E-state index contributed by atoms with van der Waals surface area (Å²) in [5.41, 5.74) is 6.89. The summed E-state index contributed by atoms with van der Waals surface area (Å²) < 4.78 is 5.96. The van der Waals surface area contributed by atoms with Crippen molar-refractivity contribution in [2.75, 3.05) is 19.7 Å². The van der Waals surface area contributed by atoms with E-state index in [1.807, 2.05) is 23.4 Å². The molecule has 1 saturated heterocycles. The van der Waals surface area contributed by atoms with Crippen LogP contribution >= 0.6 is 12.4 Å². The number of halogens is 1. The molecule has 0 aliphatic carbocycles. The number of hydrogen-bond donors (Lipinski definition) is 1. The second-order valence-corrected chi connectivity index (χ2v) is 10.2. The van der Waals surface area contributed by atoms with E-state index in [0.29, 0.717) is 24.8 Å². The maximum Gasteiger partial charge on any atom is 0.222 e. The average Bonchev–Trinajstić information content (AvgIpc) is 3.69. The summed E-state index contributed by atoms with van der Waals surface area (Å²) in [7, 11) is 0. The summed E-state index contributed by atoms with van der Waals surface area (Å²) in [5, 5.41) is 8.33. The fraction of sp³-hybridized carbons (Fsp3) is 0.364. The third-order valence-corrected chi connectivity index (χ3v) is 7.53. The summed E-state index contributed by atoms with van der Waals surface area (Å²) in [6, 6.07) is 21.1. The maximum absolute atomic E-state index is 12.2. The number of nitrogens with one attached hydrogen (secondary N) is 1. The lowest BCUT2D eigenvalue weighted by Gasteiger charge is -2.16. The molecular weight excluding hydrogens is 520 g/mol. The number of ether oxygens (including phenoxy) is 1. The monoisotopic (exact) mass is 558 g/mol. The number of benzene rings is 2. The van der Waals surface area contributed by atoms with E-state index in [9.17, 15) is 4.79 Å². The second kappa shape index (κ2) is 14.7. The molecule has 5 rings (SSSR count). The highest BCUT2D eigenvalue weighted by atomic mass is 35.5. The van der Waals surface area contributed by atoms with Crippen molar-refractivity contribution in [2.24, 2.45) is 0 Å². The van der Waals surface area contributed by atoms with Gasteiger partial charge in [-0.05, 0) is 72.6 Å². The number of fused-ring (bicyclic) bond motifs is 1. The van der Waals surface area contributed by atoms with E-state index in [2.05, 4.69) is 76.7 Å². The molecule has 0 spiro atoms. The number of aromatic nitrogens is 3. The van der Waals surface area contributed by atoms with Gasteiger partial charge in [-0.1, -0.05) is 56.2 Å². The van der Waals surface area contributed by atoms with E-state index in [1.54, 1.807) is 0 Å². The zero-order valence-electron chi connectivity index (χ0n) is 23.3. The van der Waals surface area contributed by atoms with Gasteiger partial charge in [0.15, 0.2) is 0 Å². The van der Waals surface area contributed by atoms with Crippen molar-refractivity contribution in [1.29, 1.82) is 0 Å². The van der Waals surface area contributed by atoms with Gasteiger partial charge < -0.3 is 9.64 Å². The quantitative estimate of drug-likeness (QED) is 0.143. The van der Waals surface area contributed by atoms with Crippen LogP contribution in [0, 0.1) is 0 Å². The van der Waals surface area contributed by atoms with Crippen molar-refractivity contribution >= 4 is 40.4 Å². The first-order valence-corrected chi connectivity index (χ1v) is 14.3. The number of hydrogen-bond acceptors (Lipinski definition) is 4. The van der Waals surface area contributed by atoms with Crippen molar-refractivity contribution in [2.45, 2.75) is 58.3 Å². The van der Waals surface area contributed by atoms with E-state index in [4.69, 9.17) is 4.74 Å². The van der Waals surface area contributed by atoms with Gasteiger partial charge in [0, 0.05) is 42.7 Å². The number of carbonyl (C=O) groups is 1. The van der Waals surface area contributed by atoms with Crippen LogP contribution in [-0.2, 0) is 4.79 Å². The fourth-order valence-electron chi connectivity index (χ4n) is 5.42. The SMILES string of the molecule is CC/C(=C(/c1ccc(OCCCCCCC(=O)N2CCCC2)nc1)c1ccc2[nH]ncc2c1)c1ccccc1.Cl. The molecular formula is C33H39ClN4O2. The predicted octanol–water partition coefficient (Wildman–Crippen LogP) is 7.70. The number of H-pyrrole nitrogens is 1. The van der Waals surface area contributed by atoms with Gasteiger partial charge in [0.05, 0.1) is 18.3 Å². The number of allylic oxidation sites excluding steroid dienone is 1.